The van der Waals surface area contributed by atoms with Gasteiger partial charge in [0.05, 0.1) is 5.69 Å². The van der Waals surface area contributed by atoms with Gasteiger partial charge in [0, 0.05) is 50.8 Å². The predicted octanol–water partition coefficient (Wildman–Crippen LogP) is 1.39. The Morgan fingerprint density at radius 3 is 2.75 bits per heavy atom. The zero-order valence-electron chi connectivity index (χ0n) is 11.7. The fraction of sp³-hybridized carbons (Fsp3) is 0.643. The van der Waals surface area contributed by atoms with E-state index in [0.29, 0.717) is 6.54 Å². The Morgan fingerprint density at radius 1 is 1.25 bits per heavy atom. The number of imidazole rings is 1. The van der Waals surface area contributed by atoms with Crippen LogP contribution >= 0.6 is 11.3 Å². The molecule has 1 aliphatic carbocycles. The van der Waals surface area contributed by atoms with Gasteiger partial charge in [-0.2, -0.15) is 0 Å². The van der Waals surface area contributed by atoms with Gasteiger partial charge in [0.1, 0.15) is 0 Å². The first kappa shape index (κ1) is 12.6. The van der Waals surface area contributed by atoms with Crippen molar-refractivity contribution in [2.24, 2.45) is 11.7 Å². The molecule has 2 aromatic rings. The first-order chi connectivity index (χ1) is 9.85. The molecule has 2 aliphatic rings. The average molecular weight is 291 g/mol. The number of hydrogen-bond acceptors (Lipinski definition) is 5. The van der Waals surface area contributed by atoms with Gasteiger partial charge in [-0.15, -0.1) is 11.3 Å². The van der Waals surface area contributed by atoms with Gasteiger partial charge in [0.2, 0.25) is 0 Å². The molecule has 6 heteroatoms. The van der Waals surface area contributed by atoms with Crippen molar-refractivity contribution < 1.29 is 0 Å². The number of nitrogens with two attached hydrogens (primary N) is 1. The summed E-state index contributed by atoms with van der Waals surface area (Å²) in [6, 6.07) is 0. The number of piperazine rings is 1. The first-order valence-electron chi connectivity index (χ1n) is 7.47. The van der Waals surface area contributed by atoms with Gasteiger partial charge in [-0.3, -0.25) is 9.30 Å². The van der Waals surface area contributed by atoms with Crippen LogP contribution in [0.2, 0.25) is 0 Å². The SMILES string of the molecule is NCc1c(N2CCN(CC3CC3)CC2)nc2sccn12. The van der Waals surface area contributed by atoms with Crippen LogP contribution in [0, 0.1) is 5.92 Å². The Morgan fingerprint density at radius 2 is 2.05 bits per heavy atom. The minimum Gasteiger partial charge on any atom is -0.352 e. The highest BCUT2D eigenvalue weighted by Crippen LogP contribution is 2.30. The van der Waals surface area contributed by atoms with Crippen molar-refractivity contribution >= 4 is 22.1 Å². The molecule has 2 fully saturated rings. The van der Waals surface area contributed by atoms with Crippen LogP contribution in [-0.2, 0) is 6.54 Å². The van der Waals surface area contributed by atoms with E-state index in [-0.39, 0.29) is 0 Å². The summed E-state index contributed by atoms with van der Waals surface area (Å²) in [7, 11) is 0. The summed E-state index contributed by atoms with van der Waals surface area (Å²) in [5.41, 5.74) is 7.09. The summed E-state index contributed by atoms with van der Waals surface area (Å²) in [4.78, 5) is 10.8. The number of anilines is 1. The standard InChI is InChI=1S/C14H21N5S/c15-9-12-13(16-14-19(12)7-8-20-14)18-5-3-17(4-6-18)10-11-1-2-11/h7-8,11H,1-6,9-10,15H2. The van der Waals surface area contributed by atoms with E-state index in [1.54, 1.807) is 11.3 Å². The lowest BCUT2D eigenvalue weighted by molar-refractivity contribution is 0.247. The molecular formula is C14H21N5S. The summed E-state index contributed by atoms with van der Waals surface area (Å²) in [5, 5.41) is 2.07. The third kappa shape index (κ3) is 2.21. The molecule has 1 aliphatic heterocycles. The van der Waals surface area contributed by atoms with E-state index < -0.39 is 0 Å². The zero-order valence-corrected chi connectivity index (χ0v) is 12.5. The Balaban J connectivity index is 1.50. The molecule has 108 valence electrons. The lowest BCUT2D eigenvalue weighted by atomic mass is 10.2. The second kappa shape index (κ2) is 5.02. The van der Waals surface area contributed by atoms with Crippen molar-refractivity contribution in [2.75, 3.05) is 37.6 Å². The highest BCUT2D eigenvalue weighted by Gasteiger charge is 2.27. The Hall–Kier alpha value is -1.11. The molecule has 0 atom stereocenters. The molecule has 0 bridgehead atoms. The highest BCUT2D eigenvalue weighted by atomic mass is 32.1. The number of aromatic nitrogens is 2. The monoisotopic (exact) mass is 291 g/mol. The molecule has 2 N–H and O–H groups in total. The van der Waals surface area contributed by atoms with Gasteiger partial charge in [-0.25, -0.2) is 4.98 Å². The van der Waals surface area contributed by atoms with Gasteiger partial charge in [0.25, 0.3) is 0 Å². The quantitative estimate of drug-likeness (QED) is 0.925. The maximum atomic E-state index is 5.94. The molecule has 0 aromatic carbocycles. The van der Waals surface area contributed by atoms with Crippen LogP contribution in [-0.4, -0.2) is 47.0 Å². The molecule has 20 heavy (non-hydrogen) atoms. The molecule has 5 nitrogen and oxygen atoms in total. The van der Waals surface area contributed by atoms with E-state index in [1.165, 1.54) is 19.4 Å². The molecule has 0 spiro atoms. The van der Waals surface area contributed by atoms with E-state index in [9.17, 15) is 0 Å². The van der Waals surface area contributed by atoms with Gasteiger partial charge in [0.15, 0.2) is 10.8 Å². The minimum atomic E-state index is 0.551. The van der Waals surface area contributed by atoms with Crippen LogP contribution in [0.3, 0.4) is 0 Å². The second-order valence-electron chi connectivity index (χ2n) is 5.87. The van der Waals surface area contributed by atoms with E-state index >= 15 is 0 Å². The summed E-state index contributed by atoms with van der Waals surface area (Å²) >= 11 is 1.68. The van der Waals surface area contributed by atoms with E-state index in [2.05, 4.69) is 25.8 Å². The normalized spacial score (nSPS) is 20.9. The van der Waals surface area contributed by atoms with Gasteiger partial charge in [-0.05, 0) is 18.8 Å². The molecule has 0 unspecified atom stereocenters. The topological polar surface area (TPSA) is 49.8 Å². The van der Waals surface area contributed by atoms with Crippen molar-refractivity contribution in [3.05, 3.63) is 17.3 Å². The minimum absolute atomic E-state index is 0.551. The van der Waals surface area contributed by atoms with Crippen LogP contribution < -0.4 is 10.6 Å². The van der Waals surface area contributed by atoms with Crippen molar-refractivity contribution in [1.29, 1.82) is 0 Å². The Labute approximate surface area is 123 Å². The van der Waals surface area contributed by atoms with Crippen LogP contribution in [0.5, 0.6) is 0 Å². The number of fused-ring (bicyclic) bond motifs is 1. The summed E-state index contributed by atoms with van der Waals surface area (Å²) in [6.45, 7) is 6.32. The zero-order chi connectivity index (χ0) is 13.5. The van der Waals surface area contributed by atoms with E-state index in [1.807, 2.05) is 0 Å². The summed E-state index contributed by atoms with van der Waals surface area (Å²) in [5.74, 6) is 2.09. The third-order valence-corrected chi connectivity index (χ3v) is 5.18. The highest BCUT2D eigenvalue weighted by molar-refractivity contribution is 7.15. The van der Waals surface area contributed by atoms with E-state index in [0.717, 1.165) is 48.6 Å². The van der Waals surface area contributed by atoms with E-state index in [4.69, 9.17) is 10.7 Å². The van der Waals surface area contributed by atoms with Gasteiger partial charge in [-0.1, -0.05) is 0 Å². The largest absolute Gasteiger partial charge is 0.352 e. The first-order valence-corrected chi connectivity index (χ1v) is 8.35. The second-order valence-corrected chi connectivity index (χ2v) is 6.75. The van der Waals surface area contributed by atoms with Crippen LogP contribution in [0.4, 0.5) is 5.82 Å². The predicted molar refractivity (Wildman–Crippen MR) is 82.3 cm³/mol. The van der Waals surface area contributed by atoms with Crippen LogP contribution in [0.15, 0.2) is 11.6 Å². The Kier molecular flexibility index (Phi) is 3.17. The molecule has 3 heterocycles. The average Bonchev–Trinajstić information content (AvgIpc) is 3.04. The fourth-order valence-corrected chi connectivity index (χ4v) is 3.80. The maximum Gasteiger partial charge on any atom is 0.195 e. The summed E-state index contributed by atoms with van der Waals surface area (Å²) in [6.07, 6.45) is 4.95. The summed E-state index contributed by atoms with van der Waals surface area (Å²) < 4.78 is 2.14. The van der Waals surface area contributed by atoms with Crippen LogP contribution in [0.1, 0.15) is 18.5 Å². The number of rotatable bonds is 4. The molecular weight excluding hydrogens is 270 g/mol. The smallest absolute Gasteiger partial charge is 0.195 e. The van der Waals surface area contributed by atoms with Gasteiger partial charge >= 0.3 is 0 Å². The number of nitrogens with zero attached hydrogens (tertiary/aromatic N) is 4. The molecule has 0 radical (unpaired) electrons. The lowest BCUT2D eigenvalue weighted by Gasteiger charge is -2.35. The van der Waals surface area contributed by atoms with Crippen molar-refractivity contribution in [1.82, 2.24) is 14.3 Å². The Bertz CT molecular complexity index is 592. The number of thiazole rings is 1. The number of hydrogen-bond donors (Lipinski definition) is 1. The molecule has 0 amide bonds. The molecule has 1 saturated carbocycles. The molecule has 1 saturated heterocycles. The lowest BCUT2D eigenvalue weighted by Crippen LogP contribution is -2.47. The van der Waals surface area contributed by atoms with Crippen molar-refractivity contribution in [3.63, 3.8) is 0 Å². The van der Waals surface area contributed by atoms with Gasteiger partial charge < -0.3 is 10.6 Å². The molecule has 4 rings (SSSR count). The van der Waals surface area contributed by atoms with Crippen molar-refractivity contribution in [2.45, 2.75) is 19.4 Å². The third-order valence-electron chi connectivity index (χ3n) is 4.42. The van der Waals surface area contributed by atoms with Crippen LogP contribution in [0.25, 0.3) is 4.96 Å². The maximum absolute atomic E-state index is 5.94. The van der Waals surface area contributed by atoms with Crippen molar-refractivity contribution in [3.8, 4) is 0 Å². The fourth-order valence-electron chi connectivity index (χ4n) is 3.07. The molecule has 2 aromatic heterocycles.